The van der Waals surface area contributed by atoms with E-state index in [-0.39, 0.29) is 0 Å². The van der Waals surface area contributed by atoms with E-state index in [9.17, 15) is 0 Å². The maximum Gasteiger partial charge on any atom is 0.188 e. The third-order valence-electron chi connectivity index (χ3n) is 4.40. The smallest absolute Gasteiger partial charge is 0.188 e. The first-order valence-electron chi connectivity index (χ1n) is 9.12. The highest BCUT2D eigenvalue weighted by atomic mass is 15.1. The lowest BCUT2D eigenvalue weighted by atomic mass is 10.1. The number of guanidine groups is 1. The van der Waals surface area contributed by atoms with Crippen LogP contribution in [0.15, 0.2) is 29.3 Å². The van der Waals surface area contributed by atoms with Gasteiger partial charge in [0, 0.05) is 13.1 Å². The van der Waals surface area contributed by atoms with Crippen molar-refractivity contribution in [3.63, 3.8) is 0 Å². The number of nitrogens with one attached hydrogen (secondary N) is 1. The highest BCUT2D eigenvalue weighted by Crippen LogP contribution is 2.14. The second-order valence-electron chi connectivity index (χ2n) is 6.49. The topological polar surface area (TPSA) is 53.6 Å². The molecule has 2 rings (SSSR count). The molecule has 1 aromatic carbocycles. The Morgan fingerprint density at radius 3 is 2.39 bits per heavy atom. The second-order valence-corrected chi connectivity index (χ2v) is 6.49. The van der Waals surface area contributed by atoms with Gasteiger partial charge in [0.1, 0.15) is 0 Å². The summed E-state index contributed by atoms with van der Waals surface area (Å²) in [7, 11) is 0. The molecule has 0 bridgehead atoms. The Morgan fingerprint density at radius 1 is 1.09 bits per heavy atom. The summed E-state index contributed by atoms with van der Waals surface area (Å²) in [4.78, 5) is 6.98. The second kappa shape index (κ2) is 10.3. The van der Waals surface area contributed by atoms with Crippen LogP contribution in [0.3, 0.4) is 0 Å². The van der Waals surface area contributed by atoms with Crippen LogP contribution in [-0.2, 0) is 13.1 Å². The van der Waals surface area contributed by atoms with E-state index in [1.54, 1.807) is 0 Å². The summed E-state index contributed by atoms with van der Waals surface area (Å²) in [5.74, 6) is 0.548. The van der Waals surface area contributed by atoms with Crippen molar-refractivity contribution in [2.24, 2.45) is 10.7 Å². The molecular formula is C19H32N4. The van der Waals surface area contributed by atoms with Gasteiger partial charge in [-0.25, -0.2) is 4.99 Å². The zero-order valence-corrected chi connectivity index (χ0v) is 14.6. The maximum absolute atomic E-state index is 5.86. The third-order valence-corrected chi connectivity index (χ3v) is 4.40. The van der Waals surface area contributed by atoms with Gasteiger partial charge in [0.15, 0.2) is 5.96 Å². The van der Waals surface area contributed by atoms with Crippen LogP contribution >= 0.6 is 0 Å². The van der Waals surface area contributed by atoms with Crippen molar-refractivity contribution in [1.82, 2.24) is 10.2 Å². The molecule has 1 aliphatic rings. The summed E-state index contributed by atoms with van der Waals surface area (Å²) in [6.07, 6.45) is 7.76. The van der Waals surface area contributed by atoms with Crippen molar-refractivity contribution in [2.75, 3.05) is 19.6 Å². The quantitative estimate of drug-likeness (QED) is 0.461. The van der Waals surface area contributed by atoms with Gasteiger partial charge in [-0.2, -0.15) is 0 Å². The van der Waals surface area contributed by atoms with E-state index in [1.807, 2.05) is 0 Å². The summed E-state index contributed by atoms with van der Waals surface area (Å²) >= 11 is 0. The van der Waals surface area contributed by atoms with Gasteiger partial charge in [-0.05, 0) is 43.5 Å². The number of nitrogens with two attached hydrogens (primary N) is 1. The molecule has 1 aliphatic heterocycles. The van der Waals surface area contributed by atoms with Crippen LogP contribution in [0.4, 0.5) is 0 Å². The van der Waals surface area contributed by atoms with Crippen molar-refractivity contribution in [1.29, 1.82) is 0 Å². The van der Waals surface area contributed by atoms with Gasteiger partial charge in [0.2, 0.25) is 0 Å². The zero-order chi connectivity index (χ0) is 16.3. The Morgan fingerprint density at radius 2 is 1.74 bits per heavy atom. The molecule has 0 atom stereocenters. The van der Waals surface area contributed by atoms with Crippen molar-refractivity contribution in [3.8, 4) is 0 Å². The third kappa shape index (κ3) is 7.04. The van der Waals surface area contributed by atoms with Crippen LogP contribution in [0.1, 0.15) is 56.6 Å². The maximum atomic E-state index is 5.86. The fourth-order valence-electron chi connectivity index (χ4n) is 2.93. The van der Waals surface area contributed by atoms with E-state index in [2.05, 4.69) is 46.4 Å². The molecule has 1 aromatic rings. The number of nitrogens with zero attached hydrogens (tertiary/aromatic N) is 2. The van der Waals surface area contributed by atoms with Crippen molar-refractivity contribution < 1.29 is 0 Å². The number of rotatable bonds is 7. The van der Waals surface area contributed by atoms with Crippen LogP contribution in [-0.4, -0.2) is 30.5 Å². The lowest BCUT2D eigenvalue weighted by Gasteiger charge is -2.19. The first-order valence-corrected chi connectivity index (χ1v) is 9.12. The molecule has 0 aliphatic carbocycles. The lowest BCUT2D eigenvalue weighted by Crippen LogP contribution is -2.32. The van der Waals surface area contributed by atoms with Crippen molar-refractivity contribution in [3.05, 3.63) is 35.4 Å². The van der Waals surface area contributed by atoms with E-state index in [0.29, 0.717) is 12.5 Å². The number of hydrogen-bond donors (Lipinski definition) is 2. The Bertz CT molecular complexity index is 459. The van der Waals surface area contributed by atoms with E-state index in [1.165, 1.54) is 56.3 Å². The molecule has 0 amide bonds. The van der Waals surface area contributed by atoms with E-state index in [0.717, 1.165) is 19.5 Å². The molecule has 0 unspecified atom stereocenters. The van der Waals surface area contributed by atoms with Gasteiger partial charge in [-0.1, -0.05) is 50.5 Å². The van der Waals surface area contributed by atoms with Crippen LogP contribution in [0.5, 0.6) is 0 Å². The first-order chi connectivity index (χ1) is 11.3. The molecule has 0 spiro atoms. The van der Waals surface area contributed by atoms with Crippen LogP contribution in [0.25, 0.3) is 0 Å². The molecule has 0 saturated carbocycles. The minimum absolute atomic E-state index is 0.548. The molecule has 3 N–H and O–H groups in total. The largest absolute Gasteiger partial charge is 0.370 e. The number of hydrogen-bond acceptors (Lipinski definition) is 2. The summed E-state index contributed by atoms with van der Waals surface area (Å²) in [5.41, 5.74) is 8.47. The summed E-state index contributed by atoms with van der Waals surface area (Å²) in [6.45, 7) is 7.28. The highest BCUT2D eigenvalue weighted by molar-refractivity contribution is 5.77. The van der Waals surface area contributed by atoms with Crippen molar-refractivity contribution >= 4 is 5.96 Å². The Labute approximate surface area is 141 Å². The Kier molecular flexibility index (Phi) is 7.95. The van der Waals surface area contributed by atoms with Gasteiger partial charge >= 0.3 is 0 Å². The molecule has 1 saturated heterocycles. The fraction of sp³-hybridized carbons (Fsp3) is 0.632. The lowest BCUT2D eigenvalue weighted by molar-refractivity contribution is 0.277. The fourth-order valence-corrected chi connectivity index (χ4v) is 2.93. The minimum atomic E-state index is 0.548. The molecule has 0 aromatic heterocycles. The van der Waals surface area contributed by atoms with Gasteiger partial charge in [-0.15, -0.1) is 0 Å². The Balaban J connectivity index is 1.78. The van der Waals surface area contributed by atoms with Gasteiger partial charge < -0.3 is 11.1 Å². The molecular weight excluding hydrogens is 284 g/mol. The van der Waals surface area contributed by atoms with Crippen LogP contribution in [0, 0.1) is 0 Å². The average molecular weight is 316 g/mol. The monoisotopic (exact) mass is 316 g/mol. The SMILES string of the molecule is CCCCNC(N)=NCc1ccc(CN2CCCCCC2)cc1. The molecule has 0 radical (unpaired) electrons. The van der Waals surface area contributed by atoms with Gasteiger partial charge in [0.05, 0.1) is 6.54 Å². The molecule has 128 valence electrons. The Hall–Kier alpha value is -1.55. The number of aliphatic imine (C=N–C) groups is 1. The van der Waals surface area contributed by atoms with E-state index < -0.39 is 0 Å². The van der Waals surface area contributed by atoms with E-state index in [4.69, 9.17) is 5.73 Å². The predicted molar refractivity (Wildman–Crippen MR) is 98.4 cm³/mol. The summed E-state index contributed by atoms with van der Waals surface area (Å²) in [5, 5.41) is 3.15. The first kappa shape index (κ1) is 17.8. The van der Waals surface area contributed by atoms with Crippen LogP contribution in [0.2, 0.25) is 0 Å². The number of unbranched alkanes of at least 4 members (excludes halogenated alkanes) is 1. The molecule has 1 heterocycles. The standard InChI is InChI=1S/C19H32N4/c1-2-3-12-21-19(20)22-15-17-8-10-18(11-9-17)16-23-13-6-4-5-7-14-23/h8-11H,2-7,12-16H2,1H3,(H3,20,21,22). The average Bonchev–Trinajstić information content (AvgIpc) is 2.83. The normalized spacial score (nSPS) is 17.0. The van der Waals surface area contributed by atoms with E-state index >= 15 is 0 Å². The predicted octanol–water partition coefficient (Wildman–Crippen LogP) is 3.27. The van der Waals surface area contributed by atoms with Gasteiger partial charge in [-0.3, -0.25) is 4.90 Å². The van der Waals surface area contributed by atoms with Crippen LogP contribution < -0.4 is 11.1 Å². The van der Waals surface area contributed by atoms with Gasteiger partial charge in [0.25, 0.3) is 0 Å². The summed E-state index contributed by atoms with van der Waals surface area (Å²) < 4.78 is 0. The highest BCUT2D eigenvalue weighted by Gasteiger charge is 2.09. The molecule has 1 fully saturated rings. The number of benzene rings is 1. The molecule has 4 nitrogen and oxygen atoms in total. The minimum Gasteiger partial charge on any atom is -0.370 e. The molecule has 4 heteroatoms. The van der Waals surface area contributed by atoms with Crippen molar-refractivity contribution in [2.45, 2.75) is 58.5 Å². The zero-order valence-electron chi connectivity index (χ0n) is 14.6. The number of likely N-dealkylation sites (tertiary alicyclic amines) is 1. The molecule has 23 heavy (non-hydrogen) atoms. The summed E-state index contributed by atoms with van der Waals surface area (Å²) in [6, 6.07) is 8.82.